The van der Waals surface area contributed by atoms with E-state index >= 15 is 0 Å². The van der Waals surface area contributed by atoms with Crippen LogP contribution in [-0.4, -0.2) is 62.4 Å². The molecule has 2 aromatic heterocycles. The summed E-state index contributed by atoms with van der Waals surface area (Å²) in [5, 5.41) is 2.93. The summed E-state index contributed by atoms with van der Waals surface area (Å²) in [7, 11) is -3.54. The average Bonchev–Trinajstić information content (AvgIpc) is 3.31. The van der Waals surface area contributed by atoms with Crippen molar-refractivity contribution in [2.75, 3.05) is 31.2 Å². The molecular formula is C20H31N6O6PS. The third kappa shape index (κ3) is 5.09. The zero-order chi connectivity index (χ0) is 24.7. The molecule has 0 amide bonds. The van der Waals surface area contributed by atoms with E-state index < -0.39 is 31.6 Å². The van der Waals surface area contributed by atoms with Crippen LogP contribution in [0.4, 0.5) is 5.95 Å². The molecule has 4 rings (SSSR count). The summed E-state index contributed by atoms with van der Waals surface area (Å²) in [4.78, 5) is 24.9. The molecule has 12 nitrogen and oxygen atoms in total. The van der Waals surface area contributed by atoms with Crippen molar-refractivity contribution >= 4 is 41.7 Å². The van der Waals surface area contributed by atoms with Crippen LogP contribution < -0.4 is 15.6 Å². The molecule has 0 radical (unpaired) electrons. The number of carbonyl (C=O) groups is 1. The van der Waals surface area contributed by atoms with Crippen LogP contribution in [0.3, 0.4) is 0 Å². The normalized spacial score (nSPS) is 29.3. The van der Waals surface area contributed by atoms with Gasteiger partial charge < -0.3 is 15.2 Å². The first-order valence-corrected chi connectivity index (χ1v) is 13.7. The third-order valence-corrected chi connectivity index (χ3v) is 8.44. The van der Waals surface area contributed by atoms with Crippen LogP contribution in [0.1, 0.15) is 40.8 Å². The van der Waals surface area contributed by atoms with Crippen LogP contribution >= 0.6 is 19.5 Å². The molecule has 2 aliphatic heterocycles. The quantitative estimate of drug-likeness (QED) is 0.412. The minimum Gasteiger partial charge on any atom is -0.476 e. The van der Waals surface area contributed by atoms with Crippen LogP contribution in [-0.2, 0) is 23.1 Å². The highest BCUT2D eigenvalue weighted by Gasteiger charge is 2.51. The SMILES string of the molecule is CCOc1nc(N)nc2c1ncn2[C@@H]1O[C@@H]2CO[P@](=O)(NCCSC(=O)C(C)(C)C)O[C@H]2[C@@H]1C. The van der Waals surface area contributed by atoms with Gasteiger partial charge >= 0.3 is 7.75 Å². The first-order chi connectivity index (χ1) is 16.0. The standard InChI is InChI=1S/C20H31N6O6PS/c1-6-29-16-13-15(24-19(21)25-16)26(10-22-13)17-11(2)14-12(31-17)9-30-33(28,32-14)23-7-8-34-18(27)20(3,4)5/h10-12,14,17H,6-9H2,1-5H3,(H,23,28)(H2,21,24,25)/t11-,12+,14-,17+,33+/m0/s1. The Hall–Kier alpha value is -1.76. The molecule has 0 aromatic carbocycles. The van der Waals surface area contributed by atoms with Crippen molar-refractivity contribution in [3.8, 4) is 5.88 Å². The first-order valence-electron chi connectivity index (χ1n) is 11.2. The van der Waals surface area contributed by atoms with E-state index in [9.17, 15) is 9.36 Å². The minimum atomic E-state index is -3.54. The summed E-state index contributed by atoms with van der Waals surface area (Å²) in [6.07, 6.45) is 0.230. The molecule has 2 aromatic rings. The minimum absolute atomic E-state index is 0.0665. The number of aromatic nitrogens is 4. The van der Waals surface area contributed by atoms with Crippen LogP contribution in [0.5, 0.6) is 5.88 Å². The maximum absolute atomic E-state index is 13.2. The zero-order valence-corrected chi connectivity index (χ0v) is 21.6. The highest BCUT2D eigenvalue weighted by Crippen LogP contribution is 2.54. The second-order valence-electron chi connectivity index (χ2n) is 9.23. The van der Waals surface area contributed by atoms with Crippen molar-refractivity contribution in [3.63, 3.8) is 0 Å². The molecule has 34 heavy (non-hydrogen) atoms. The van der Waals surface area contributed by atoms with Crippen molar-refractivity contribution in [1.82, 2.24) is 24.6 Å². The molecular weight excluding hydrogens is 483 g/mol. The Bertz CT molecular complexity index is 1110. The Morgan fingerprint density at radius 2 is 2.18 bits per heavy atom. The molecule has 0 spiro atoms. The van der Waals surface area contributed by atoms with Crippen molar-refractivity contribution in [2.45, 2.75) is 53.1 Å². The zero-order valence-electron chi connectivity index (χ0n) is 19.9. The summed E-state index contributed by atoms with van der Waals surface area (Å²) in [5.74, 6) is 0.643. The van der Waals surface area contributed by atoms with Crippen molar-refractivity contribution in [3.05, 3.63) is 6.33 Å². The number of imidazole rings is 1. The molecule has 0 aliphatic carbocycles. The molecule has 2 saturated heterocycles. The van der Waals surface area contributed by atoms with E-state index in [-0.39, 0.29) is 23.6 Å². The van der Waals surface area contributed by atoms with Gasteiger partial charge in [0, 0.05) is 23.6 Å². The third-order valence-electron chi connectivity index (χ3n) is 5.53. The predicted octanol–water partition coefficient (Wildman–Crippen LogP) is 2.76. The van der Waals surface area contributed by atoms with Gasteiger partial charge in [0.05, 0.1) is 19.5 Å². The number of thioether (sulfide) groups is 1. The topological polar surface area (TPSA) is 153 Å². The molecule has 188 valence electrons. The summed E-state index contributed by atoms with van der Waals surface area (Å²) >= 11 is 1.19. The highest BCUT2D eigenvalue weighted by molar-refractivity contribution is 8.13. The number of anilines is 1. The Balaban J connectivity index is 1.44. The van der Waals surface area contributed by atoms with Gasteiger partial charge in [-0.05, 0) is 6.92 Å². The summed E-state index contributed by atoms with van der Waals surface area (Å²) in [6.45, 7) is 10.2. The van der Waals surface area contributed by atoms with Gasteiger partial charge in [-0.25, -0.2) is 14.6 Å². The fourth-order valence-electron chi connectivity index (χ4n) is 3.82. The molecule has 0 unspecified atom stereocenters. The van der Waals surface area contributed by atoms with Crippen molar-refractivity contribution < 1.29 is 27.9 Å². The number of ether oxygens (including phenoxy) is 2. The number of nitrogens with zero attached hydrogens (tertiary/aromatic N) is 4. The van der Waals surface area contributed by atoms with E-state index in [1.54, 1.807) is 10.9 Å². The number of fused-ring (bicyclic) bond motifs is 2. The summed E-state index contributed by atoms with van der Waals surface area (Å²) in [6, 6.07) is 0. The van der Waals surface area contributed by atoms with Gasteiger partial charge in [0.25, 0.3) is 0 Å². The number of hydrogen-bond acceptors (Lipinski definition) is 11. The monoisotopic (exact) mass is 514 g/mol. The van der Waals surface area contributed by atoms with Gasteiger partial charge in [0.2, 0.25) is 11.8 Å². The number of hydrogen-bond donors (Lipinski definition) is 2. The Morgan fingerprint density at radius 1 is 1.41 bits per heavy atom. The van der Waals surface area contributed by atoms with E-state index in [2.05, 4.69) is 20.0 Å². The second kappa shape index (κ2) is 9.71. The largest absolute Gasteiger partial charge is 0.476 e. The number of nitrogens with one attached hydrogen (secondary N) is 1. The molecule has 0 saturated carbocycles. The number of nitrogens with two attached hydrogens (primary N) is 1. The van der Waals surface area contributed by atoms with Crippen LogP contribution in [0, 0.1) is 11.3 Å². The lowest BCUT2D eigenvalue weighted by Crippen LogP contribution is -2.38. The van der Waals surface area contributed by atoms with Crippen LogP contribution in [0.15, 0.2) is 6.33 Å². The van der Waals surface area contributed by atoms with Crippen molar-refractivity contribution in [1.29, 1.82) is 0 Å². The number of carbonyl (C=O) groups excluding carboxylic acids is 1. The maximum Gasteiger partial charge on any atom is 0.406 e. The fourth-order valence-corrected chi connectivity index (χ4v) is 6.39. The van der Waals surface area contributed by atoms with Crippen LogP contribution in [0.2, 0.25) is 0 Å². The Labute approximate surface area is 202 Å². The van der Waals surface area contributed by atoms with Gasteiger partial charge in [-0.2, -0.15) is 9.97 Å². The Morgan fingerprint density at radius 3 is 2.88 bits per heavy atom. The predicted molar refractivity (Wildman–Crippen MR) is 127 cm³/mol. The van der Waals surface area contributed by atoms with E-state index in [0.717, 1.165) is 0 Å². The fraction of sp³-hybridized carbons (Fsp3) is 0.700. The molecule has 5 atom stereocenters. The number of rotatable bonds is 7. The Kier molecular flexibility index (Phi) is 7.24. The lowest BCUT2D eigenvalue weighted by atomic mass is 10.00. The van der Waals surface area contributed by atoms with Crippen LogP contribution in [0.25, 0.3) is 11.2 Å². The van der Waals surface area contributed by atoms with Gasteiger partial charge in [0.1, 0.15) is 18.4 Å². The van der Waals surface area contributed by atoms with Gasteiger partial charge in [0.15, 0.2) is 16.3 Å². The van der Waals surface area contributed by atoms with E-state index in [1.807, 2.05) is 34.6 Å². The smallest absolute Gasteiger partial charge is 0.406 e. The second-order valence-corrected chi connectivity index (χ2v) is 12.1. The lowest BCUT2D eigenvalue weighted by molar-refractivity contribution is -0.117. The van der Waals surface area contributed by atoms with Gasteiger partial charge in [-0.15, -0.1) is 0 Å². The molecule has 3 N–H and O–H groups in total. The van der Waals surface area contributed by atoms with Gasteiger partial charge in [-0.1, -0.05) is 39.5 Å². The maximum atomic E-state index is 13.2. The van der Waals surface area contributed by atoms with E-state index in [1.165, 1.54) is 11.8 Å². The van der Waals surface area contributed by atoms with E-state index in [4.69, 9.17) is 24.3 Å². The highest BCUT2D eigenvalue weighted by atomic mass is 32.2. The van der Waals surface area contributed by atoms with Gasteiger partial charge in [-0.3, -0.25) is 18.4 Å². The lowest BCUT2D eigenvalue weighted by Gasteiger charge is -2.32. The first kappa shape index (κ1) is 25.3. The number of nitrogen functional groups attached to an aromatic ring is 1. The molecule has 2 fully saturated rings. The van der Waals surface area contributed by atoms with E-state index in [0.29, 0.717) is 35.9 Å². The summed E-state index contributed by atoms with van der Waals surface area (Å²) in [5.41, 5.74) is 6.40. The average molecular weight is 515 g/mol. The molecule has 4 heterocycles. The molecule has 14 heteroatoms. The summed E-state index contributed by atoms with van der Waals surface area (Å²) < 4.78 is 38.1. The van der Waals surface area contributed by atoms with Crippen molar-refractivity contribution in [2.24, 2.45) is 11.3 Å². The molecule has 2 aliphatic rings. The molecule has 0 bridgehead atoms.